The van der Waals surface area contributed by atoms with E-state index in [1.807, 2.05) is 0 Å². The van der Waals surface area contributed by atoms with Crippen LogP contribution in [0.2, 0.25) is 0 Å². The Morgan fingerprint density at radius 3 is 2.50 bits per heavy atom. The predicted octanol–water partition coefficient (Wildman–Crippen LogP) is 2.92. The number of nitrogens with two attached hydrogens (primary N) is 1. The molecule has 0 amide bonds. The van der Waals surface area contributed by atoms with E-state index in [2.05, 4.69) is 30.9 Å². The minimum Gasteiger partial charge on any atom is -0.370 e. The van der Waals surface area contributed by atoms with Crippen LogP contribution in [-0.4, -0.2) is 17.3 Å². The molecule has 0 aromatic carbocycles. The summed E-state index contributed by atoms with van der Waals surface area (Å²) in [7, 11) is 1.68. The van der Waals surface area contributed by atoms with Gasteiger partial charge in [0.15, 0.2) is 0 Å². The highest BCUT2D eigenvalue weighted by atomic mass is 16.5. The molecule has 0 aliphatic carbocycles. The second-order valence-electron chi connectivity index (χ2n) is 4.61. The van der Waals surface area contributed by atoms with E-state index in [4.69, 9.17) is 15.0 Å². The van der Waals surface area contributed by atoms with E-state index in [-0.39, 0.29) is 6.04 Å². The third kappa shape index (κ3) is 3.09. The summed E-state index contributed by atoms with van der Waals surface area (Å²) >= 11 is 0. The molecular weight excluding hydrogens is 230 g/mol. The summed E-state index contributed by atoms with van der Waals surface area (Å²) in [5.41, 5.74) is 5.57. The monoisotopic (exact) mass is 255 g/mol. The first-order valence-electron chi connectivity index (χ1n) is 6.78. The van der Waals surface area contributed by atoms with Gasteiger partial charge in [-0.25, -0.2) is 0 Å². The van der Waals surface area contributed by atoms with Crippen LogP contribution < -0.4 is 5.73 Å². The summed E-state index contributed by atoms with van der Waals surface area (Å²) in [6.45, 7) is 6.25. The van der Waals surface area contributed by atoms with Crippen LogP contribution in [-0.2, 0) is 10.3 Å². The van der Waals surface area contributed by atoms with E-state index in [0.29, 0.717) is 11.7 Å². The molecule has 0 aliphatic heterocycles. The second kappa shape index (κ2) is 6.85. The highest BCUT2D eigenvalue weighted by molar-refractivity contribution is 5.02. The Bertz CT molecular complexity index is 339. The summed E-state index contributed by atoms with van der Waals surface area (Å²) in [6, 6.07) is -0.172. The first-order valence-corrected chi connectivity index (χ1v) is 6.78. The fraction of sp³-hybridized carbons (Fsp3) is 0.846. The molecule has 0 bridgehead atoms. The highest BCUT2D eigenvalue weighted by Gasteiger charge is 2.34. The van der Waals surface area contributed by atoms with Gasteiger partial charge in [0.05, 0.1) is 6.04 Å². The fourth-order valence-electron chi connectivity index (χ4n) is 2.06. The van der Waals surface area contributed by atoms with Crippen LogP contribution in [0.4, 0.5) is 0 Å². The van der Waals surface area contributed by atoms with Gasteiger partial charge in [0.1, 0.15) is 5.60 Å². The first-order chi connectivity index (χ1) is 8.63. The zero-order valence-corrected chi connectivity index (χ0v) is 11.9. The maximum absolute atomic E-state index is 6.02. The molecule has 0 radical (unpaired) electrons. The molecule has 104 valence electrons. The number of aromatic nitrogens is 2. The minimum absolute atomic E-state index is 0.172. The second-order valence-corrected chi connectivity index (χ2v) is 4.61. The van der Waals surface area contributed by atoms with Crippen molar-refractivity contribution in [2.24, 2.45) is 5.73 Å². The van der Waals surface area contributed by atoms with Crippen LogP contribution in [0.3, 0.4) is 0 Å². The largest absolute Gasteiger partial charge is 0.370 e. The fourth-order valence-corrected chi connectivity index (χ4v) is 2.06. The SMILES string of the molecule is CCCCC(N)c1nc(C(CC)(CC)OC)no1. The van der Waals surface area contributed by atoms with E-state index in [1.54, 1.807) is 7.11 Å². The maximum atomic E-state index is 6.02. The maximum Gasteiger partial charge on any atom is 0.243 e. The van der Waals surface area contributed by atoms with E-state index in [9.17, 15) is 0 Å². The quantitative estimate of drug-likeness (QED) is 0.773. The zero-order chi connectivity index (χ0) is 13.6. The molecule has 1 aromatic heterocycles. The smallest absolute Gasteiger partial charge is 0.243 e. The molecule has 1 atom stereocenters. The topological polar surface area (TPSA) is 74.2 Å². The van der Waals surface area contributed by atoms with Crippen molar-refractivity contribution < 1.29 is 9.26 Å². The molecule has 1 aromatic rings. The van der Waals surface area contributed by atoms with Crippen LogP contribution in [0.5, 0.6) is 0 Å². The molecule has 0 fully saturated rings. The van der Waals surface area contributed by atoms with Crippen molar-refractivity contribution in [1.29, 1.82) is 0 Å². The van der Waals surface area contributed by atoms with Crippen LogP contribution in [0.1, 0.15) is 70.6 Å². The predicted molar refractivity (Wildman–Crippen MR) is 70.0 cm³/mol. The Morgan fingerprint density at radius 2 is 2.00 bits per heavy atom. The van der Waals surface area contributed by atoms with E-state index in [1.165, 1.54) is 0 Å². The first kappa shape index (κ1) is 15.1. The van der Waals surface area contributed by atoms with Crippen LogP contribution >= 0.6 is 0 Å². The van der Waals surface area contributed by atoms with Gasteiger partial charge in [0.25, 0.3) is 0 Å². The lowest BCUT2D eigenvalue weighted by Crippen LogP contribution is -2.28. The average Bonchev–Trinajstić information content (AvgIpc) is 2.89. The molecule has 1 unspecified atom stereocenters. The van der Waals surface area contributed by atoms with Crippen molar-refractivity contribution >= 4 is 0 Å². The molecule has 0 spiro atoms. The van der Waals surface area contributed by atoms with Crippen LogP contribution in [0.15, 0.2) is 4.52 Å². The van der Waals surface area contributed by atoms with Crippen LogP contribution in [0, 0.1) is 0 Å². The number of rotatable bonds is 8. The number of ether oxygens (including phenoxy) is 1. The summed E-state index contributed by atoms with van der Waals surface area (Å²) < 4.78 is 10.8. The molecular formula is C13H25N3O2. The van der Waals surface area contributed by atoms with Gasteiger partial charge in [-0.3, -0.25) is 0 Å². The number of methoxy groups -OCH3 is 1. The van der Waals surface area contributed by atoms with Gasteiger partial charge < -0.3 is 15.0 Å². The van der Waals surface area contributed by atoms with E-state index < -0.39 is 5.60 Å². The lowest BCUT2D eigenvalue weighted by atomic mass is 9.96. The highest BCUT2D eigenvalue weighted by Crippen LogP contribution is 2.30. The minimum atomic E-state index is -0.452. The van der Waals surface area contributed by atoms with E-state index >= 15 is 0 Å². The van der Waals surface area contributed by atoms with Crippen molar-refractivity contribution in [1.82, 2.24) is 10.1 Å². The summed E-state index contributed by atoms with van der Waals surface area (Å²) in [5.74, 6) is 1.12. The lowest BCUT2D eigenvalue weighted by Gasteiger charge is -2.25. The standard InChI is InChI=1S/C13H25N3O2/c1-5-8-9-10(14)11-15-12(16-18-11)13(6-2,7-3)17-4/h10H,5-9,14H2,1-4H3. The van der Waals surface area contributed by atoms with E-state index in [0.717, 1.165) is 32.1 Å². The number of unbranched alkanes of at least 4 members (excludes halogenated alkanes) is 1. The third-order valence-corrected chi connectivity index (χ3v) is 3.57. The molecule has 1 heterocycles. The molecule has 5 heteroatoms. The summed E-state index contributed by atoms with van der Waals surface area (Å²) in [5, 5.41) is 4.04. The van der Waals surface area contributed by atoms with Gasteiger partial charge in [-0.2, -0.15) is 4.98 Å². The molecule has 0 saturated carbocycles. The van der Waals surface area contributed by atoms with Crippen molar-refractivity contribution in [2.75, 3.05) is 7.11 Å². The van der Waals surface area contributed by atoms with Crippen LogP contribution in [0.25, 0.3) is 0 Å². The Balaban J connectivity index is 2.84. The van der Waals surface area contributed by atoms with Gasteiger partial charge in [-0.1, -0.05) is 38.8 Å². The van der Waals surface area contributed by atoms with Gasteiger partial charge in [0.2, 0.25) is 11.7 Å². The van der Waals surface area contributed by atoms with Crippen molar-refractivity contribution in [3.8, 4) is 0 Å². The molecule has 18 heavy (non-hydrogen) atoms. The average molecular weight is 255 g/mol. The Hall–Kier alpha value is -0.940. The van der Waals surface area contributed by atoms with Gasteiger partial charge in [0, 0.05) is 7.11 Å². The molecule has 0 saturated heterocycles. The van der Waals surface area contributed by atoms with Gasteiger partial charge in [-0.15, -0.1) is 0 Å². The number of hydrogen-bond donors (Lipinski definition) is 1. The Kier molecular flexibility index (Phi) is 5.75. The van der Waals surface area contributed by atoms with Gasteiger partial charge >= 0.3 is 0 Å². The molecule has 0 aliphatic rings. The normalized spacial score (nSPS) is 13.8. The third-order valence-electron chi connectivity index (χ3n) is 3.57. The molecule has 1 rings (SSSR count). The van der Waals surface area contributed by atoms with Gasteiger partial charge in [-0.05, 0) is 19.3 Å². The summed E-state index contributed by atoms with van der Waals surface area (Å²) in [6.07, 6.45) is 4.67. The Morgan fingerprint density at radius 1 is 1.33 bits per heavy atom. The summed E-state index contributed by atoms with van der Waals surface area (Å²) in [4.78, 5) is 4.42. The number of nitrogens with zero attached hydrogens (tertiary/aromatic N) is 2. The number of hydrogen-bond acceptors (Lipinski definition) is 5. The molecule has 5 nitrogen and oxygen atoms in total. The van der Waals surface area contributed by atoms with Crippen molar-refractivity contribution in [3.05, 3.63) is 11.7 Å². The molecule has 2 N–H and O–H groups in total. The van der Waals surface area contributed by atoms with Crippen molar-refractivity contribution in [2.45, 2.75) is 64.5 Å². The Labute approximate surface area is 109 Å². The lowest BCUT2D eigenvalue weighted by molar-refractivity contribution is -0.0306. The van der Waals surface area contributed by atoms with Crippen molar-refractivity contribution in [3.63, 3.8) is 0 Å². The zero-order valence-electron chi connectivity index (χ0n) is 11.9.